The summed E-state index contributed by atoms with van der Waals surface area (Å²) < 4.78 is 26.6. The molecule has 0 amide bonds. The maximum absolute atomic E-state index is 13.3. The first kappa shape index (κ1) is 18.1. The molecule has 4 nitrogen and oxygen atoms in total. The van der Waals surface area contributed by atoms with Gasteiger partial charge in [0.15, 0.2) is 5.84 Å². The second-order valence-corrected chi connectivity index (χ2v) is 5.74. The largest absolute Gasteiger partial charge is 0.353 e. The van der Waals surface area contributed by atoms with Gasteiger partial charge in [0, 0.05) is 50.6 Å². The van der Waals surface area contributed by atoms with Gasteiger partial charge >= 0.3 is 0 Å². The standard InChI is InChI=1S/C18H24F2N4/c1-4-9-22-17(24-12-10-21-11-13-24)14(2)23-16-7-5-15(6-8-16)18(3,19)20/h4-9,21,23H,2,10-13H2,1,3H3/b9-4-,22-17?. The Labute approximate surface area is 142 Å². The van der Waals surface area contributed by atoms with Gasteiger partial charge in [-0.3, -0.25) is 0 Å². The highest BCUT2D eigenvalue weighted by Gasteiger charge is 2.23. The predicted octanol–water partition coefficient (Wildman–Crippen LogP) is 3.56. The maximum atomic E-state index is 13.3. The fraction of sp³-hybridized carbons (Fsp3) is 0.389. The highest BCUT2D eigenvalue weighted by atomic mass is 19.3. The van der Waals surface area contributed by atoms with Crippen molar-refractivity contribution in [3.8, 4) is 0 Å². The number of nitrogens with one attached hydrogen (secondary N) is 2. The molecule has 2 rings (SSSR count). The summed E-state index contributed by atoms with van der Waals surface area (Å²) >= 11 is 0. The fourth-order valence-corrected chi connectivity index (χ4v) is 2.45. The molecule has 130 valence electrons. The number of hydrogen-bond acceptors (Lipinski definition) is 3. The molecular weight excluding hydrogens is 310 g/mol. The van der Waals surface area contributed by atoms with Crippen LogP contribution in [-0.4, -0.2) is 36.9 Å². The first-order valence-corrected chi connectivity index (χ1v) is 8.01. The maximum Gasteiger partial charge on any atom is 0.270 e. The van der Waals surface area contributed by atoms with Crippen molar-refractivity contribution in [2.75, 3.05) is 31.5 Å². The summed E-state index contributed by atoms with van der Waals surface area (Å²) in [7, 11) is 0. The Morgan fingerprint density at radius 3 is 2.46 bits per heavy atom. The van der Waals surface area contributed by atoms with Crippen LogP contribution in [-0.2, 0) is 5.92 Å². The van der Waals surface area contributed by atoms with Crippen LogP contribution in [0.4, 0.5) is 14.5 Å². The number of benzene rings is 1. The van der Waals surface area contributed by atoms with Crippen molar-refractivity contribution in [2.45, 2.75) is 19.8 Å². The van der Waals surface area contributed by atoms with Crippen molar-refractivity contribution in [1.29, 1.82) is 0 Å². The molecule has 1 aromatic carbocycles. The van der Waals surface area contributed by atoms with E-state index < -0.39 is 5.92 Å². The SMILES string of the molecule is C=C(Nc1ccc(C(C)(F)F)cc1)C(=N/C=C\C)N1CCNCC1. The van der Waals surface area contributed by atoms with Crippen LogP contribution in [0, 0.1) is 0 Å². The van der Waals surface area contributed by atoms with Gasteiger partial charge in [-0.2, -0.15) is 0 Å². The molecule has 1 aliphatic heterocycles. The van der Waals surface area contributed by atoms with E-state index in [-0.39, 0.29) is 5.56 Å². The van der Waals surface area contributed by atoms with Gasteiger partial charge in [-0.1, -0.05) is 24.8 Å². The highest BCUT2D eigenvalue weighted by molar-refractivity contribution is 6.00. The van der Waals surface area contributed by atoms with E-state index in [9.17, 15) is 8.78 Å². The molecule has 1 fully saturated rings. The third kappa shape index (κ3) is 4.89. The molecule has 0 atom stereocenters. The topological polar surface area (TPSA) is 39.7 Å². The zero-order valence-corrected chi connectivity index (χ0v) is 14.1. The molecule has 1 saturated heterocycles. The zero-order valence-electron chi connectivity index (χ0n) is 14.1. The third-order valence-electron chi connectivity index (χ3n) is 3.72. The highest BCUT2D eigenvalue weighted by Crippen LogP contribution is 2.28. The van der Waals surface area contributed by atoms with Gasteiger partial charge in [0.2, 0.25) is 0 Å². The minimum atomic E-state index is -2.84. The second kappa shape index (κ2) is 8.06. The summed E-state index contributed by atoms with van der Waals surface area (Å²) in [4.78, 5) is 6.62. The minimum absolute atomic E-state index is 0.0106. The van der Waals surface area contributed by atoms with E-state index >= 15 is 0 Å². The number of anilines is 1. The number of aliphatic imine (C=N–C) groups is 1. The molecule has 24 heavy (non-hydrogen) atoms. The van der Waals surface area contributed by atoms with Crippen LogP contribution in [0.15, 0.2) is 53.8 Å². The quantitative estimate of drug-likeness (QED) is 0.639. The van der Waals surface area contributed by atoms with Crippen molar-refractivity contribution >= 4 is 11.5 Å². The number of amidine groups is 1. The summed E-state index contributed by atoms with van der Waals surface area (Å²) in [5.74, 6) is -2.07. The van der Waals surface area contributed by atoms with E-state index in [0.29, 0.717) is 11.4 Å². The first-order chi connectivity index (χ1) is 11.4. The smallest absolute Gasteiger partial charge is 0.270 e. The molecule has 0 radical (unpaired) electrons. The lowest BCUT2D eigenvalue weighted by Crippen LogP contribution is -2.47. The molecule has 6 heteroatoms. The summed E-state index contributed by atoms with van der Waals surface area (Å²) in [5, 5.41) is 6.46. The molecule has 0 aromatic heterocycles. The number of hydrogen-bond donors (Lipinski definition) is 2. The van der Waals surface area contributed by atoms with Gasteiger partial charge in [0.25, 0.3) is 5.92 Å². The Kier molecular flexibility index (Phi) is 6.09. The number of piperazine rings is 1. The molecule has 2 N–H and O–H groups in total. The monoisotopic (exact) mass is 334 g/mol. The molecule has 0 unspecified atom stereocenters. The van der Waals surface area contributed by atoms with Gasteiger partial charge in [0.1, 0.15) is 0 Å². The van der Waals surface area contributed by atoms with Crippen LogP contribution >= 0.6 is 0 Å². The average molecular weight is 334 g/mol. The van der Waals surface area contributed by atoms with Crippen molar-refractivity contribution in [2.24, 2.45) is 4.99 Å². The van der Waals surface area contributed by atoms with Gasteiger partial charge in [-0.15, -0.1) is 0 Å². The van der Waals surface area contributed by atoms with Crippen LogP contribution in [0.3, 0.4) is 0 Å². The Bertz CT molecular complexity index is 609. The molecule has 1 heterocycles. The fourth-order valence-electron chi connectivity index (χ4n) is 2.45. The number of halogens is 2. The zero-order chi connectivity index (χ0) is 17.6. The van der Waals surface area contributed by atoms with Gasteiger partial charge in [0.05, 0.1) is 5.70 Å². The Morgan fingerprint density at radius 1 is 1.29 bits per heavy atom. The van der Waals surface area contributed by atoms with E-state index in [1.807, 2.05) is 13.0 Å². The van der Waals surface area contributed by atoms with E-state index in [4.69, 9.17) is 0 Å². The van der Waals surface area contributed by atoms with Crippen molar-refractivity contribution in [3.63, 3.8) is 0 Å². The van der Waals surface area contributed by atoms with Crippen LogP contribution in [0.25, 0.3) is 0 Å². The number of alkyl halides is 2. The summed E-state index contributed by atoms with van der Waals surface area (Å²) in [6, 6.07) is 6.10. The minimum Gasteiger partial charge on any atom is -0.353 e. The normalized spacial score (nSPS) is 16.5. The van der Waals surface area contributed by atoms with Crippen LogP contribution in [0.1, 0.15) is 19.4 Å². The second-order valence-electron chi connectivity index (χ2n) is 5.74. The lowest BCUT2D eigenvalue weighted by atomic mass is 10.1. The Morgan fingerprint density at radius 2 is 1.92 bits per heavy atom. The van der Waals surface area contributed by atoms with Crippen LogP contribution in [0.5, 0.6) is 0 Å². The molecule has 1 aliphatic rings. The van der Waals surface area contributed by atoms with E-state index in [0.717, 1.165) is 38.9 Å². The molecule has 0 aliphatic carbocycles. The van der Waals surface area contributed by atoms with E-state index in [1.165, 1.54) is 12.1 Å². The summed E-state index contributed by atoms with van der Waals surface area (Å²) in [6.07, 6.45) is 3.58. The first-order valence-electron chi connectivity index (χ1n) is 8.01. The van der Waals surface area contributed by atoms with E-state index in [2.05, 4.69) is 27.1 Å². The number of nitrogens with zero attached hydrogens (tertiary/aromatic N) is 2. The Hall–Kier alpha value is -2.21. The molecule has 0 saturated carbocycles. The van der Waals surface area contributed by atoms with Crippen molar-refractivity contribution in [1.82, 2.24) is 10.2 Å². The summed E-state index contributed by atoms with van der Waals surface area (Å²) in [6.45, 7) is 10.3. The number of allylic oxidation sites excluding steroid dienone is 1. The predicted molar refractivity (Wildman–Crippen MR) is 95.5 cm³/mol. The van der Waals surface area contributed by atoms with Gasteiger partial charge < -0.3 is 15.5 Å². The lowest BCUT2D eigenvalue weighted by Gasteiger charge is -2.31. The van der Waals surface area contributed by atoms with Crippen LogP contribution < -0.4 is 10.6 Å². The summed E-state index contributed by atoms with van der Waals surface area (Å²) in [5.41, 5.74) is 1.34. The average Bonchev–Trinajstić information content (AvgIpc) is 2.56. The van der Waals surface area contributed by atoms with Crippen LogP contribution in [0.2, 0.25) is 0 Å². The Balaban J connectivity index is 2.12. The van der Waals surface area contributed by atoms with Crippen molar-refractivity contribution < 1.29 is 8.78 Å². The molecular formula is C18H24F2N4. The molecule has 1 aromatic rings. The van der Waals surface area contributed by atoms with E-state index in [1.54, 1.807) is 18.3 Å². The number of rotatable bonds is 5. The molecule has 0 spiro atoms. The lowest BCUT2D eigenvalue weighted by molar-refractivity contribution is 0.0175. The van der Waals surface area contributed by atoms with Crippen molar-refractivity contribution in [3.05, 3.63) is 54.4 Å². The van der Waals surface area contributed by atoms with Gasteiger partial charge in [-0.25, -0.2) is 13.8 Å². The third-order valence-corrected chi connectivity index (χ3v) is 3.72. The molecule has 0 bridgehead atoms. The van der Waals surface area contributed by atoms with Gasteiger partial charge in [-0.05, 0) is 19.1 Å².